The van der Waals surface area contributed by atoms with Crippen molar-refractivity contribution in [1.82, 2.24) is 5.32 Å². The van der Waals surface area contributed by atoms with Crippen LogP contribution in [-0.4, -0.2) is 23.5 Å². The van der Waals surface area contributed by atoms with E-state index >= 15 is 0 Å². The number of carboxylic acids is 1. The van der Waals surface area contributed by atoms with Gasteiger partial charge in [0.05, 0.1) is 4.88 Å². The van der Waals surface area contributed by atoms with Gasteiger partial charge in [-0.2, -0.15) is 0 Å². The SMILES string of the molecule is CC1CCc2sc(C(=O)NCCCCCC(=O)O)cc2C1. The van der Waals surface area contributed by atoms with Crippen molar-refractivity contribution in [1.29, 1.82) is 0 Å². The second kappa shape index (κ2) is 7.59. The standard InChI is InChI=1S/C16H23NO3S/c1-11-6-7-13-12(9-11)10-14(21-13)16(20)17-8-4-2-3-5-15(18)19/h10-11H,2-9H2,1H3,(H,17,20)(H,18,19). The van der Waals surface area contributed by atoms with Crippen LogP contribution in [0.25, 0.3) is 0 Å². The summed E-state index contributed by atoms with van der Waals surface area (Å²) in [5, 5.41) is 11.5. The first-order valence-electron chi connectivity index (χ1n) is 7.68. The van der Waals surface area contributed by atoms with E-state index in [0.717, 1.165) is 36.5 Å². The molecule has 116 valence electrons. The number of carboxylic acid groups (broad SMARTS) is 1. The lowest BCUT2D eigenvalue weighted by Gasteiger charge is -2.16. The van der Waals surface area contributed by atoms with E-state index in [1.165, 1.54) is 16.9 Å². The highest BCUT2D eigenvalue weighted by molar-refractivity contribution is 7.14. The topological polar surface area (TPSA) is 66.4 Å². The number of nitrogens with one attached hydrogen (secondary N) is 1. The fraction of sp³-hybridized carbons (Fsp3) is 0.625. The Morgan fingerprint density at radius 2 is 2.19 bits per heavy atom. The Morgan fingerprint density at radius 1 is 1.38 bits per heavy atom. The molecule has 4 nitrogen and oxygen atoms in total. The smallest absolute Gasteiger partial charge is 0.303 e. The Bertz CT molecular complexity index is 510. The van der Waals surface area contributed by atoms with Crippen molar-refractivity contribution in [3.05, 3.63) is 21.4 Å². The minimum absolute atomic E-state index is 0.0142. The molecule has 1 heterocycles. The van der Waals surface area contributed by atoms with Crippen LogP contribution < -0.4 is 5.32 Å². The van der Waals surface area contributed by atoms with Crippen molar-refractivity contribution >= 4 is 23.2 Å². The van der Waals surface area contributed by atoms with Gasteiger partial charge in [-0.05, 0) is 49.7 Å². The highest BCUT2D eigenvalue weighted by Gasteiger charge is 2.20. The van der Waals surface area contributed by atoms with Crippen molar-refractivity contribution in [3.8, 4) is 0 Å². The summed E-state index contributed by atoms with van der Waals surface area (Å²) < 4.78 is 0. The van der Waals surface area contributed by atoms with Gasteiger partial charge in [0, 0.05) is 17.8 Å². The van der Waals surface area contributed by atoms with Crippen LogP contribution in [0.4, 0.5) is 0 Å². The van der Waals surface area contributed by atoms with Crippen LogP contribution in [0.3, 0.4) is 0 Å². The fourth-order valence-corrected chi connectivity index (χ4v) is 3.81. The van der Waals surface area contributed by atoms with Crippen molar-refractivity contribution in [2.75, 3.05) is 6.54 Å². The maximum Gasteiger partial charge on any atom is 0.303 e. The number of amides is 1. The number of rotatable bonds is 7. The molecule has 2 N–H and O–H groups in total. The van der Waals surface area contributed by atoms with E-state index < -0.39 is 5.97 Å². The van der Waals surface area contributed by atoms with Crippen LogP contribution in [0.15, 0.2) is 6.07 Å². The van der Waals surface area contributed by atoms with Crippen LogP contribution in [0.5, 0.6) is 0 Å². The maximum atomic E-state index is 12.1. The molecule has 1 aliphatic rings. The lowest BCUT2D eigenvalue weighted by molar-refractivity contribution is -0.137. The highest BCUT2D eigenvalue weighted by Crippen LogP contribution is 2.32. The zero-order valence-corrected chi connectivity index (χ0v) is 13.3. The molecule has 1 aromatic heterocycles. The molecule has 0 spiro atoms. The monoisotopic (exact) mass is 309 g/mol. The number of aliphatic carboxylic acids is 1. The molecule has 0 fully saturated rings. The average Bonchev–Trinajstić information content (AvgIpc) is 2.85. The zero-order valence-electron chi connectivity index (χ0n) is 12.5. The molecule has 1 aromatic rings. The van der Waals surface area contributed by atoms with E-state index in [2.05, 4.69) is 18.3 Å². The van der Waals surface area contributed by atoms with Crippen molar-refractivity contribution in [2.24, 2.45) is 5.92 Å². The number of carbonyl (C=O) groups is 2. The van der Waals surface area contributed by atoms with Gasteiger partial charge in [-0.15, -0.1) is 11.3 Å². The normalized spacial score (nSPS) is 17.3. The van der Waals surface area contributed by atoms with Crippen LogP contribution in [0.1, 0.15) is 59.1 Å². The molecule has 1 amide bonds. The Kier molecular flexibility index (Phi) is 5.79. The van der Waals surface area contributed by atoms with Crippen LogP contribution in [0, 0.1) is 5.92 Å². The largest absolute Gasteiger partial charge is 0.481 e. The Hall–Kier alpha value is -1.36. The Balaban J connectivity index is 1.73. The summed E-state index contributed by atoms with van der Waals surface area (Å²) in [7, 11) is 0. The maximum absolute atomic E-state index is 12.1. The fourth-order valence-electron chi connectivity index (χ4n) is 2.68. The molecule has 0 bridgehead atoms. The van der Waals surface area contributed by atoms with Gasteiger partial charge in [0.1, 0.15) is 0 Å². The molecule has 1 unspecified atom stereocenters. The van der Waals surface area contributed by atoms with E-state index in [1.807, 2.05) is 0 Å². The Morgan fingerprint density at radius 3 is 2.95 bits per heavy atom. The number of thiophene rings is 1. The number of carbonyl (C=O) groups excluding carboxylic acids is 1. The van der Waals surface area contributed by atoms with E-state index in [9.17, 15) is 9.59 Å². The summed E-state index contributed by atoms with van der Waals surface area (Å²) in [6.45, 7) is 2.88. The van der Waals surface area contributed by atoms with Gasteiger partial charge in [0.25, 0.3) is 5.91 Å². The number of hydrogen-bond acceptors (Lipinski definition) is 3. The van der Waals surface area contributed by atoms with Crippen LogP contribution in [-0.2, 0) is 17.6 Å². The predicted octanol–water partition coefficient (Wildman–Crippen LogP) is 3.25. The van der Waals surface area contributed by atoms with Gasteiger partial charge in [0.15, 0.2) is 0 Å². The minimum atomic E-state index is -0.752. The Labute approximate surface area is 129 Å². The van der Waals surface area contributed by atoms with Gasteiger partial charge < -0.3 is 10.4 Å². The molecular weight excluding hydrogens is 286 g/mol. The van der Waals surface area contributed by atoms with E-state index in [-0.39, 0.29) is 12.3 Å². The lowest BCUT2D eigenvalue weighted by Crippen LogP contribution is -2.23. The molecule has 0 saturated carbocycles. The number of aryl methyl sites for hydroxylation is 1. The number of fused-ring (bicyclic) bond motifs is 1. The minimum Gasteiger partial charge on any atom is -0.481 e. The summed E-state index contributed by atoms with van der Waals surface area (Å²) in [5.41, 5.74) is 1.35. The quantitative estimate of drug-likeness (QED) is 0.760. The van der Waals surface area contributed by atoms with Crippen LogP contribution >= 0.6 is 11.3 Å². The van der Waals surface area contributed by atoms with Gasteiger partial charge in [-0.3, -0.25) is 9.59 Å². The summed E-state index contributed by atoms with van der Waals surface area (Å²) >= 11 is 1.63. The molecule has 21 heavy (non-hydrogen) atoms. The summed E-state index contributed by atoms with van der Waals surface area (Å²) in [6.07, 6.45) is 5.97. The predicted molar refractivity (Wildman–Crippen MR) is 83.9 cm³/mol. The third-order valence-corrected chi connectivity index (χ3v) is 5.14. The van der Waals surface area contributed by atoms with Crippen molar-refractivity contribution in [2.45, 2.75) is 51.9 Å². The highest BCUT2D eigenvalue weighted by atomic mass is 32.1. The molecule has 0 saturated heterocycles. The van der Waals surface area contributed by atoms with E-state index in [4.69, 9.17) is 5.11 Å². The molecule has 0 aliphatic heterocycles. The van der Waals surface area contributed by atoms with Gasteiger partial charge in [0.2, 0.25) is 0 Å². The molecule has 2 rings (SSSR count). The molecule has 1 aliphatic carbocycles. The summed E-state index contributed by atoms with van der Waals surface area (Å²) in [5.74, 6) is -0.0186. The number of hydrogen-bond donors (Lipinski definition) is 2. The third kappa shape index (κ3) is 4.84. The molecule has 1 atom stereocenters. The molecular formula is C16H23NO3S. The first-order valence-corrected chi connectivity index (χ1v) is 8.49. The first kappa shape index (κ1) is 16.0. The van der Waals surface area contributed by atoms with Gasteiger partial charge in [-0.1, -0.05) is 13.3 Å². The first-order chi connectivity index (χ1) is 10.1. The summed E-state index contributed by atoms with van der Waals surface area (Å²) in [4.78, 5) is 24.7. The molecule has 0 radical (unpaired) electrons. The number of unbranched alkanes of at least 4 members (excludes halogenated alkanes) is 2. The van der Waals surface area contributed by atoms with Gasteiger partial charge >= 0.3 is 5.97 Å². The van der Waals surface area contributed by atoms with Crippen molar-refractivity contribution < 1.29 is 14.7 Å². The van der Waals surface area contributed by atoms with E-state index in [0.29, 0.717) is 13.0 Å². The van der Waals surface area contributed by atoms with Crippen LogP contribution in [0.2, 0.25) is 0 Å². The average molecular weight is 309 g/mol. The second-order valence-corrected chi connectivity index (χ2v) is 7.00. The lowest BCUT2D eigenvalue weighted by atomic mass is 9.90. The van der Waals surface area contributed by atoms with Crippen molar-refractivity contribution in [3.63, 3.8) is 0 Å². The molecule has 5 heteroatoms. The molecule has 0 aromatic carbocycles. The van der Waals surface area contributed by atoms with E-state index in [1.54, 1.807) is 11.3 Å². The summed E-state index contributed by atoms with van der Waals surface area (Å²) in [6, 6.07) is 2.05. The second-order valence-electron chi connectivity index (χ2n) is 5.87. The third-order valence-electron chi connectivity index (χ3n) is 3.91. The van der Waals surface area contributed by atoms with Gasteiger partial charge in [-0.25, -0.2) is 0 Å². The zero-order chi connectivity index (χ0) is 15.2.